The molecular weight excluding hydrogens is 232 g/mol. The molecule has 0 saturated heterocycles. The summed E-state index contributed by atoms with van der Waals surface area (Å²) in [5, 5.41) is 22.3. The molecule has 0 aromatic heterocycles. The van der Waals surface area contributed by atoms with Crippen LogP contribution in [0.3, 0.4) is 0 Å². The average Bonchev–Trinajstić information content (AvgIpc) is 2.13. The van der Waals surface area contributed by atoms with Crippen LogP contribution in [0.4, 0.5) is 0 Å². The van der Waals surface area contributed by atoms with Crippen molar-refractivity contribution in [1.82, 2.24) is 0 Å². The number of rotatable bonds is 8. The van der Waals surface area contributed by atoms with Gasteiger partial charge in [0, 0.05) is 17.4 Å². The predicted molar refractivity (Wildman–Crippen MR) is 65.1 cm³/mol. The third kappa shape index (κ3) is 5.07. The van der Waals surface area contributed by atoms with Gasteiger partial charge in [-0.1, -0.05) is 34.6 Å². The van der Waals surface area contributed by atoms with Gasteiger partial charge in [-0.3, -0.25) is 0 Å². The number of aliphatic carboxylic acids is 2. The van der Waals surface area contributed by atoms with Crippen molar-refractivity contribution >= 4 is 11.9 Å². The molecule has 0 bridgehead atoms. The summed E-state index contributed by atoms with van der Waals surface area (Å²) in [6.07, 6.45) is 0.737. The molecule has 0 aliphatic rings. The second-order valence-electron chi connectivity index (χ2n) is 6.21. The second kappa shape index (κ2) is 6.76. The van der Waals surface area contributed by atoms with Crippen molar-refractivity contribution in [3.05, 3.63) is 0 Å². The van der Waals surface area contributed by atoms with E-state index >= 15 is 0 Å². The molecule has 4 heteroatoms. The summed E-state index contributed by atoms with van der Waals surface area (Å²) in [6.45, 7) is 9.35. The molecule has 0 aromatic rings. The molecule has 4 nitrogen and oxygen atoms in total. The summed E-state index contributed by atoms with van der Waals surface area (Å²) in [5.41, 5.74) is -1.11. The Morgan fingerprint density at radius 2 is 1.56 bits per heavy atom. The Hall–Kier alpha value is -1.06. The smallest absolute Gasteiger partial charge is 0.0476 e. The maximum Gasteiger partial charge on any atom is 0.0476 e. The zero-order valence-electron chi connectivity index (χ0n) is 12.0. The van der Waals surface area contributed by atoms with Gasteiger partial charge in [-0.05, 0) is 37.0 Å². The number of carbonyl (C=O) groups excluding carboxylic acids is 2. The van der Waals surface area contributed by atoms with E-state index < -0.39 is 23.3 Å². The van der Waals surface area contributed by atoms with E-state index in [4.69, 9.17) is 0 Å². The quantitative estimate of drug-likeness (QED) is 0.636. The molecule has 0 aromatic carbocycles. The standard InChI is InChI=1S/C14H26O4/c1-9(2)6-11(7-12(15)16)14(5,13(17)18)8-10(3)4/h9-11H,6-8H2,1-5H3,(H,15,16)(H,17,18)/p-2. The molecule has 0 heterocycles. The Bertz CT molecular complexity index is 296. The Morgan fingerprint density at radius 1 is 1.06 bits per heavy atom. The first kappa shape index (κ1) is 16.9. The molecule has 0 fully saturated rings. The first-order valence-electron chi connectivity index (χ1n) is 6.50. The summed E-state index contributed by atoms with van der Waals surface area (Å²) in [5.74, 6) is -2.40. The number of carbonyl (C=O) groups is 2. The predicted octanol–water partition coefficient (Wildman–Crippen LogP) is 0.591. The third-order valence-corrected chi connectivity index (χ3v) is 3.37. The highest BCUT2D eigenvalue weighted by Gasteiger charge is 2.36. The topological polar surface area (TPSA) is 80.3 Å². The summed E-state index contributed by atoms with van der Waals surface area (Å²) < 4.78 is 0. The molecule has 0 radical (unpaired) electrons. The Morgan fingerprint density at radius 3 is 1.83 bits per heavy atom. The summed E-state index contributed by atoms with van der Waals surface area (Å²) >= 11 is 0. The van der Waals surface area contributed by atoms with E-state index in [0.717, 1.165) is 0 Å². The van der Waals surface area contributed by atoms with Crippen LogP contribution in [0, 0.1) is 23.2 Å². The van der Waals surface area contributed by atoms with Crippen molar-refractivity contribution in [3.8, 4) is 0 Å². The van der Waals surface area contributed by atoms with Crippen LogP contribution in [0.5, 0.6) is 0 Å². The summed E-state index contributed by atoms with van der Waals surface area (Å²) in [4.78, 5) is 22.3. The van der Waals surface area contributed by atoms with Gasteiger partial charge in [0.25, 0.3) is 0 Å². The largest absolute Gasteiger partial charge is 0.550 e. The van der Waals surface area contributed by atoms with Crippen molar-refractivity contribution in [3.63, 3.8) is 0 Å². The molecule has 0 amide bonds. The highest BCUT2D eigenvalue weighted by atomic mass is 16.4. The van der Waals surface area contributed by atoms with Crippen LogP contribution < -0.4 is 10.2 Å². The van der Waals surface area contributed by atoms with Gasteiger partial charge in [-0.15, -0.1) is 0 Å². The van der Waals surface area contributed by atoms with Crippen LogP contribution in [-0.4, -0.2) is 11.9 Å². The first-order valence-corrected chi connectivity index (χ1v) is 6.50. The van der Waals surface area contributed by atoms with E-state index in [1.165, 1.54) is 0 Å². The van der Waals surface area contributed by atoms with E-state index in [2.05, 4.69) is 0 Å². The SMILES string of the molecule is CC(C)CC(CC(=O)[O-])C(C)(CC(C)C)C(=O)[O-]. The Kier molecular flexibility index (Phi) is 6.36. The van der Waals surface area contributed by atoms with Crippen molar-refractivity contribution in [1.29, 1.82) is 0 Å². The Labute approximate surface area is 109 Å². The van der Waals surface area contributed by atoms with Gasteiger partial charge in [0.15, 0.2) is 0 Å². The minimum atomic E-state index is -1.20. The van der Waals surface area contributed by atoms with Crippen LogP contribution in [0.2, 0.25) is 0 Å². The number of carboxylic acid groups (broad SMARTS) is 2. The lowest BCUT2D eigenvalue weighted by atomic mass is 9.67. The monoisotopic (exact) mass is 256 g/mol. The zero-order valence-corrected chi connectivity index (χ0v) is 12.0. The molecule has 0 N–H and O–H groups in total. The minimum Gasteiger partial charge on any atom is -0.550 e. The molecule has 0 saturated carbocycles. The van der Waals surface area contributed by atoms with E-state index in [1.54, 1.807) is 6.92 Å². The maximum atomic E-state index is 11.4. The lowest BCUT2D eigenvalue weighted by Gasteiger charge is -2.41. The van der Waals surface area contributed by atoms with Crippen molar-refractivity contribution in [2.24, 2.45) is 23.2 Å². The van der Waals surface area contributed by atoms with Crippen LogP contribution in [0.25, 0.3) is 0 Å². The first-order chi connectivity index (χ1) is 8.09. The van der Waals surface area contributed by atoms with Gasteiger partial charge in [-0.25, -0.2) is 0 Å². The molecule has 2 atom stereocenters. The fraction of sp³-hybridized carbons (Fsp3) is 0.857. The molecule has 0 spiro atoms. The molecule has 18 heavy (non-hydrogen) atoms. The number of carboxylic acids is 2. The van der Waals surface area contributed by atoms with Crippen molar-refractivity contribution in [2.45, 2.75) is 53.9 Å². The number of hydrogen-bond donors (Lipinski definition) is 0. The normalized spacial score (nSPS) is 16.6. The fourth-order valence-electron chi connectivity index (χ4n) is 2.60. The van der Waals surface area contributed by atoms with Gasteiger partial charge in [0.1, 0.15) is 0 Å². The van der Waals surface area contributed by atoms with E-state index in [1.807, 2.05) is 27.7 Å². The minimum absolute atomic E-state index is 0.171. The third-order valence-electron chi connectivity index (χ3n) is 3.37. The lowest BCUT2D eigenvalue weighted by molar-refractivity contribution is -0.324. The van der Waals surface area contributed by atoms with Gasteiger partial charge < -0.3 is 19.8 Å². The van der Waals surface area contributed by atoms with E-state index in [9.17, 15) is 19.8 Å². The summed E-state index contributed by atoms with van der Waals surface area (Å²) in [7, 11) is 0. The van der Waals surface area contributed by atoms with Gasteiger partial charge >= 0.3 is 0 Å². The molecule has 2 unspecified atom stereocenters. The van der Waals surface area contributed by atoms with E-state index in [0.29, 0.717) is 12.8 Å². The maximum absolute atomic E-state index is 11.4. The average molecular weight is 256 g/mol. The van der Waals surface area contributed by atoms with Crippen LogP contribution >= 0.6 is 0 Å². The van der Waals surface area contributed by atoms with Crippen LogP contribution in [0.15, 0.2) is 0 Å². The van der Waals surface area contributed by atoms with E-state index in [-0.39, 0.29) is 18.3 Å². The van der Waals surface area contributed by atoms with Gasteiger partial charge in [0.05, 0.1) is 0 Å². The Balaban J connectivity index is 5.19. The highest BCUT2D eigenvalue weighted by molar-refractivity contribution is 5.74. The molecule has 0 aliphatic carbocycles. The van der Waals surface area contributed by atoms with Gasteiger partial charge in [-0.2, -0.15) is 0 Å². The van der Waals surface area contributed by atoms with Gasteiger partial charge in [0.2, 0.25) is 0 Å². The van der Waals surface area contributed by atoms with Crippen molar-refractivity contribution < 1.29 is 19.8 Å². The van der Waals surface area contributed by atoms with Crippen LogP contribution in [-0.2, 0) is 9.59 Å². The molecular formula is C14H24O4-2. The number of hydrogen-bond acceptors (Lipinski definition) is 4. The van der Waals surface area contributed by atoms with Crippen molar-refractivity contribution in [2.75, 3.05) is 0 Å². The highest BCUT2D eigenvalue weighted by Crippen LogP contribution is 2.39. The molecule has 106 valence electrons. The molecule has 0 rings (SSSR count). The fourth-order valence-corrected chi connectivity index (χ4v) is 2.60. The molecule has 0 aliphatic heterocycles. The van der Waals surface area contributed by atoms with Crippen LogP contribution in [0.1, 0.15) is 53.9 Å². The zero-order chi connectivity index (χ0) is 14.5. The second-order valence-corrected chi connectivity index (χ2v) is 6.21. The summed E-state index contributed by atoms with van der Waals surface area (Å²) in [6, 6.07) is 0. The lowest BCUT2D eigenvalue weighted by Crippen LogP contribution is -2.48.